The average Bonchev–Trinajstić information content (AvgIpc) is 2.86. The topological polar surface area (TPSA) is 82.5 Å². The maximum Gasteiger partial charge on any atom is 0.335 e. The van der Waals surface area contributed by atoms with Crippen molar-refractivity contribution in [1.82, 2.24) is 4.98 Å². The van der Waals surface area contributed by atoms with Crippen molar-refractivity contribution in [3.05, 3.63) is 23.9 Å². The van der Waals surface area contributed by atoms with Crippen LogP contribution < -0.4 is 5.32 Å². The molecule has 0 spiro atoms. The third-order valence-corrected chi connectivity index (χ3v) is 3.65. The first-order valence-electron chi connectivity index (χ1n) is 6.19. The summed E-state index contributed by atoms with van der Waals surface area (Å²) in [6, 6.07) is 2.98. The minimum Gasteiger partial charge on any atom is -0.478 e. The summed E-state index contributed by atoms with van der Waals surface area (Å²) in [5, 5.41) is 21.5. The number of hydrogen-bond donors (Lipinski definition) is 3. The second kappa shape index (κ2) is 5.35. The van der Waals surface area contributed by atoms with Gasteiger partial charge in [0.1, 0.15) is 5.82 Å². The highest BCUT2D eigenvalue weighted by Crippen LogP contribution is 2.37. The minimum absolute atomic E-state index is 0.0685. The summed E-state index contributed by atoms with van der Waals surface area (Å²) >= 11 is 0. The molecule has 0 unspecified atom stereocenters. The molecule has 0 radical (unpaired) electrons. The van der Waals surface area contributed by atoms with Crippen molar-refractivity contribution < 1.29 is 15.0 Å². The molecular formula is C13H18N2O3. The van der Waals surface area contributed by atoms with Gasteiger partial charge < -0.3 is 15.5 Å². The maximum absolute atomic E-state index is 10.8. The molecule has 5 heteroatoms. The molecule has 1 aliphatic rings. The number of carboxylic acids is 1. The summed E-state index contributed by atoms with van der Waals surface area (Å²) in [6.07, 6.45) is 5.78. The van der Waals surface area contributed by atoms with Crippen LogP contribution in [0.2, 0.25) is 0 Å². The Kier molecular flexibility index (Phi) is 3.81. The van der Waals surface area contributed by atoms with Gasteiger partial charge in [-0.25, -0.2) is 9.78 Å². The molecule has 1 aromatic heterocycles. The van der Waals surface area contributed by atoms with Crippen molar-refractivity contribution in [2.75, 3.05) is 18.5 Å². The Morgan fingerprint density at radius 2 is 2.17 bits per heavy atom. The average molecular weight is 250 g/mol. The van der Waals surface area contributed by atoms with E-state index in [4.69, 9.17) is 5.11 Å². The molecule has 1 heterocycles. The Hall–Kier alpha value is -1.62. The van der Waals surface area contributed by atoms with Gasteiger partial charge >= 0.3 is 5.97 Å². The van der Waals surface area contributed by atoms with Gasteiger partial charge in [-0.15, -0.1) is 0 Å². The van der Waals surface area contributed by atoms with Crippen LogP contribution in [0.25, 0.3) is 0 Å². The van der Waals surface area contributed by atoms with E-state index in [0.29, 0.717) is 12.4 Å². The molecule has 0 amide bonds. The smallest absolute Gasteiger partial charge is 0.335 e. The van der Waals surface area contributed by atoms with Gasteiger partial charge in [0.2, 0.25) is 0 Å². The fourth-order valence-corrected chi connectivity index (χ4v) is 2.45. The quantitative estimate of drug-likeness (QED) is 0.741. The van der Waals surface area contributed by atoms with Gasteiger partial charge in [0.05, 0.1) is 12.2 Å². The number of aromatic carboxylic acids is 1. The Morgan fingerprint density at radius 3 is 2.78 bits per heavy atom. The number of rotatable bonds is 5. The highest BCUT2D eigenvalue weighted by Gasteiger charge is 2.32. The van der Waals surface area contributed by atoms with E-state index in [-0.39, 0.29) is 17.6 Å². The van der Waals surface area contributed by atoms with Crippen molar-refractivity contribution in [3.8, 4) is 0 Å². The number of aliphatic hydroxyl groups is 1. The lowest BCUT2D eigenvalue weighted by molar-refractivity contribution is 0.0697. The number of hydrogen-bond acceptors (Lipinski definition) is 4. The Morgan fingerprint density at radius 1 is 1.44 bits per heavy atom. The molecule has 0 atom stereocenters. The fourth-order valence-electron chi connectivity index (χ4n) is 2.45. The summed E-state index contributed by atoms with van der Waals surface area (Å²) in [5.74, 6) is -0.409. The Bertz CT molecular complexity index is 428. The van der Waals surface area contributed by atoms with Crippen LogP contribution in [-0.2, 0) is 0 Å². The van der Waals surface area contributed by atoms with Crippen molar-refractivity contribution in [1.29, 1.82) is 0 Å². The van der Waals surface area contributed by atoms with Crippen LogP contribution in [0.15, 0.2) is 18.3 Å². The molecule has 1 aliphatic carbocycles. The van der Waals surface area contributed by atoms with E-state index in [9.17, 15) is 9.90 Å². The molecule has 0 aromatic carbocycles. The monoisotopic (exact) mass is 250 g/mol. The van der Waals surface area contributed by atoms with Gasteiger partial charge in [0.15, 0.2) is 0 Å². The molecular weight excluding hydrogens is 232 g/mol. The van der Waals surface area contributed by atoms with Crippen LogP contribution in [0.1, 0.15) is 36.0 Å². The summed E-state index contributed by atoms with van der Waals surface area (Å²) in [4.78, 5) is 14.9. The predicted molar refractivity (Wildman–Crippen MR) is 67.7 cm³/mol. The molecule has 0 bridgehead atoms. The molecule has 1 aromatic rings. The van der Waals surface area contributed by atoms with Gasteiger partial charge in [-0.3, -0.25) is 0 Å². The summed E-state index contributed by atoms with van der Waals surface area (Å²) in [7, 11) is 0. The van der Waals surface area contributed by atoms with Crippen LogP contribution >= 0.6 is 0 Å². The SMILES string of the molecule is O=C(O)c1ccnc(NCC2(CO)CCCC2)c1. The molecule has 18 heavy (non-hydrogen) atoms. The number of nitrogens with one attached hydrogen (secondary N) is 1. The van der Waals surface area contributed by atoms with Crippen LogP contribution in [-0.4, -0.2) is 34.3 Å². The number of aliphatic hydroxyl groups excluding tert-OH is 1. The maximum atomic E-state index is 10.8. The van der Waals surface area contributed by atoms with Crippen molar-refractivity contribution >= 4 is 11.8 Å². The lowest BCUT2D eigenvalue weighted by atomic mass is 9.87. The van der Waals surface area contributed by atoms with Gasteiger partial charge in [-0.2, -0.15) is 0 Å². The first-order chi connectivity index (χ1) is 8.65. The molecule has 0 saturated heterocycles. The van der Waals surface area contributed by atoms with E-state index >= 15 is 0 Å². The number of anilines is 1. The molecule has 2 rings (SSSR count). The van der Waals surface area contributed by atoms with Crippen molar-refractivity contribution in [2.45, 2.75) is 25.7 Å². The standard InChI is InChI=1S/C13H18N2O3/c16-9-13(4-1-2-5-13)8-15-11-7-10(12(17)18)3-6-14-11/h3,6-7,16H,1-2,4-5,8-9H2,(H,14,15)(H,17,18). The van der Waals surface area contributed by atoms with Gasteiger partial charge in [-0.05, 0) is 25.0 Å². The van der Waals surface area contributed by atoms with Crippen LogP contribution in [0.5, 0.6) is 0 Å². The van der Waals surface area contributed by atoms with Gasteiger partial charge in [0, 0.05) is 18.2 Å². The summed E-state index contributed by atoms with van der Waals surface area (Å²) < 4.78 is 0. The van der Waals surface area contributed by atoms with E-state index in [0.717, 1.165) is 25.7 Å². The zero-order valence-electron chi connectivity index (χ0n) is 10.2. The normalized spacial score (nSPS) is 17.6. The van der Waals surface area contributed by atoms with Crippen LogP contribution in [0.3, 0.4) is 0 Å². The number of aromatic nitrogens is 1. The lowest BCUT2D eigenvalue weighted by Gasteiger charge is -2.26. The second-order valence-electron chi connectivity index (χ2n) is 4.95. The largest absolute Gasteiger partial charge is 0.478 e. The van der Waals surface area contributed by atoms with E-state index < -0.39 is 5.97 Å². The Balaban J connectivity index is 2.01. The number of nitrogens with zero attached hydrogens (tertiary/aromatic N) is 1. The van der Waals surface area contributed by atoms with E-state index in [2.05, 4.69) is 10.3 Å². The van der Waals surface area contributed by atoms with E-state index in [1.807, 2.05) is 0 Å². The number of pyridine rings is 1. The third-order valence-electron chi connectivity index (χ3n) is 3.65. The Labute approximate surface area is 106 Å². The lowest BCUT2D eigenvalue weighted by Crippen LogP contribution is -2.30. The highest BCUT2D eigenvalue weighted by molar-refractivity contribution is 5.88. The molecule has 98 valence electrons. The molecule has 5 nitrogen and oxygen atoms in total. The highest BCUT2D eigenvalue weighted by atomic mass is 16.4. The third kappa shape index (κ3) is 2.79. The zero-order chi connectivity index (χ0) is 13.0. The number of carbonyl (C=O) groups is 1. The number of carboxylic acid groups (broad SMARTS) is 1. The second-order valence-corrected chi connectivity index (χ2v) is 4.95. The first-order valence-corrected chi connectivity index (χ1v) is 6.19. The van der Waals surface area contributed by atoms with E-state index in [1.54, 1.807) is 0 Å². The zero-order valence-corrected chi connectivity index (χ0v) is 10.2. The first kappa shape index (κ1) is 12.8. The van der Waals surface area contributed by atoms with Gasteiger partial charge in [0.25, 0.3) is 0 Å². The van der Waals surface area contributed by atoms with E-state index in [1.165, 1.54) is 18.3 Å². The summed E-state index contributed by atoms with van der Waals surface area (Å²) in [5.41, 5.74) is 0.151. The van der Waals surface area contributed by atoms with Crippen LogP contribution in [0.4, 0.5) is 5.82 Å². The van der Waals surface area contributed by atoms with Crippen LogP contribution in [0, 0.1) is 5.41 Å². The molecule has 1 saturated carbocycles. The minimum atomic E-state index is -0.960. The van der Waals surface area contributed by atoms with Crippen molar-refractivity contribution in [3.63, 3.8) is 0 Å². The van der Waals surface area contributed by atoms with Crippen molar-refractivity contribution in [2.24, 2.45) is 5.41 Å². The molecule has 0 aliphatic heterocycles. The predicted octanol–water partition coefficient (Wildman–Crippen LogP) is 1.74. The summed E-state index contributed by atoms with van der Waals surface area (Å²) in [6.45, 7) is 0.804. The molecule has 1 fully saturated rings. The van der Waals surface area contributed by atoms with Gasteiger partial charge in [-0.1, -0.05) is 12.8 Å². The molecule has 3 N–H and O–H groups in total. The fraction of sp³-hybridized carbons (Fsp3) is 0.538.